The summed E-state index contributed by atoms with van der Waals surface area (Å²) in [7, 11) is -0.312. The molecule has 0 aliphatic rings. The van der Waals surface area contributed by atoms with Crippen LogP contribution in [0.1, 0.15) is 18.0 Å². The second-order valence-corrected chi connectivity index (χ2v) is 12.1. The molecule has 0 N–H and O–H groups in total. The Balaban J connectivity index is 1.62. The number of aromatic nitrogens is 5. The van der Waals surface area contributed by atoms with Crippen LogP contribution in [0.15, 0.2) is 71.9 Å². The van der Waals surface area contributed by atoms with Gasteiger partial charge in [0.05, 0.1) is 17.9 Å². The summed E-state index contributed by atoms with van der Waals surface area (Å²) in [5.74, 6) is 0. The fourth-order valence-electron chi connectivity index (χ4n) is 3.72. The molecule has 1 atom stereocenters. The van der Waals surface area contributed by atoms with Gasteiger partial charge in [-0.05, 0) is 42.3 Å². The van der Waals surface area contributed by atoms with E-state index in [1.165, 1.54) is 6.33 Å². The summed E-state index contributed by atoms with van der Waals surface area (Å²) in [4.78, 5) is 8.93. The first-order valence-corrected chi connectivity index (χ1v) is 14.4. The minimum atomic E-state index is -1.71. The fraction of sp³-hybridized carbons (Fsp3) is 0.292. The Morgan fingerprint density at radius 3 is 2.85 bits per heavy atom. The van der Waals surface area contributed by atoms with Crippen molar-refractivity contribution >= 4 is 35.8 Å². The smallest absolute Gasteiger partial charge is 0.266 e. The first kappa shape index (κ1) is 24.4. The van der Waals surface area contributed by atoms with Gasteiger partial charge < -0.3 is 9.30 Å². The topological polar surface area (TPSA) is 57.8 Å². The van der Waals surface area contributed by atoms with Gasteiger partial charge in [-0.2, -0.15) is 13.9 Å². The first-order chi connectivity index (χ1) is 16.4. The fourth-order valence-corrected chi connectivity index (χ4v) is 4.69. The van der Waals surface area contributed by atoms with Gasteiger partial charge in [-0.1, -0.05) is 41.2 Å². The monoisotopic (exact) mass is 544 g/mol. The van der Waals surface area contributed by atoms with Crippen LogP contribution in [0, 0.1) is 0 Å². The van der Waals surface area contributed by atoms with E-state index in [0.717, 1.165) is 51.1 Å². The molecule has 34 heavy (non-hydrogen) atoms. The minimum absolute atomic E-state index is 0.116. The van der Waals surface area contributed by atoms with Crippen LogP contribution >= 0.6 is 15.9 Å². The second-order valence-electron chi connectivity index (χ2n) is 8.25. The lowest BCUT2D eigenvalue weighted by Crippen LogP contribution is -2.10. The van der Waals surface area contributed by atoms with Crippen LogP contribution in [-0.4, -0.2) is 39.7 Å². The van der Waals surface area contributed by atoms with Crippen molar-refractivity contribution in [3.8, 4) is 11.3 Å². The van der Waals surface area contributed by atoms with Gasteiger partial charge in [0, 0.05) is 43.2 Å². The van der Waals surface area contributed by atoms with E-state index in [4.69, 9.17) is 4.74 Å². The zero-order valence-electron chi connectivity index (χ0n) is 19.0. The number of hydrogen-bond acceptors (Lipinski definition) is 4. The average molecular weight is 545 g/mol. The maximum Gasteiger partial charge on any atom is 0.266 e. The lowest BCUT2D eigenvalue weighted by atomic mass is 10.0. The molecule has 0 aliphatic heterocycles. The quantitative estimate of drug-likeness (QED) is 0.168. The summed E-state index contributed by atoms with van der Waals surface area (Å²) in [6, 6.07) is 10.3. The van der Waals surface area contributed by atoms with Crippen molar-refractivity contribution in [3.05, 3.63) is 77.4 Å². The molecule has 1 unspecified atom stereocenters. The molecule has 3 heterocycles. The van der Waals surface area contributed by atoms with Crippen LogP contribution in [0.5, 0.6) is 0 Å². The third kappa shape index (κ3) is 5.86. The molecule has 0 amide bonds. The molecule has 1 radical (unpaired) electrons. The molecule has 4 rings (SSSR count). The Morgan fingerprint density at radius 2 is 2.09 bits per heavy atom. The Labute approximate surface area is 207 Å². The summed E-state index contributed by atoms with van der Waals surface area (Å²) in [6.07, 6.45) is 6.36. The van der Waals surface area contributed by atoms with Gasteiger partial charge in [0.1, 0.15) is 18.7 Å². The van der Waals surface area contributed by atoms with E-state index < -0.39 is 6.08 Å². The van der Waals surface area contributed by atoms with Crippen molar-refractivity contribution < 1.29 is 13.5 Å². The molecule has 1 aromatic carbocycles. The molecule has 0 saturated heterocycles. The summed E-state index contributed by atoms with van der Waals surface area (Å²) in [5.41, 5.74) is 3.19. The summed E-state index contributed by atoms with van der Waals surface area (Å²) >= 11 is 3.46. The maximum atomic E-state index is 12.9. The van der Waals surface area contributed by atoms with Gasteiger partial charge in [-0.3, -0.25) is 4.68 Å². The van der Waals surface area contributed by atoms with Gasteiger partial charge in [0.2, 0.25) is 0 Å². The lowest BCUT2D eigenvalue weighted by Gasteiger charge is -2.16. The zero-order valence-corrected chi connectivity index (χ0v) is 21.5. The van der Waals surface area contributed by atoms with Crippen LogP contribution in [0.2, 0.25) is 19.1 Å². The highest BCUT2D eigenvalue weighted by molar-refractivity contribution is 9.10. The van der Waals surface area contributed by atoms with Crippen LogP contribution in [0.25, 0.3) is 22.3 Å². The van der Waals surface area contributed by atoms with E-state index in [1.54, 1.807) is 10.9 Å². The number of benzene rings is 1. The summed E-state index contributed by atoms with van der Waals surface area (Å²) < 4.78 is 36.2. The van der Waals surface area contributed by atoms with Crippen molar-refractivity contribution in [1.82, 2.24) is 24.3 Å². The van der Waals surface area contributed by atoms with Gasteiger partial charge in [-0.25, -0.2) is 9.97 Å². The molecule has 6 nitrogen and oxygen atoms in total. The van der Waals surface area contributed by atoms with Crippen LogP contribution in [0.3, 0.4) is 0 Å². The molecular weight excluding hydrogens is 520 g/mol. The highest BCUT2D eigenvalue weighted by Crippen LogP contribution is 2.30. The minimum Gasteiger partial charge on any atom is -0.361 e. The Morgan fingerprint density at radius 1 is 1.24 bits per heavy atom. The molecule has 3 aromatic heterocycles. The third-order valence-electron chi connectivity index (χ3n) is 5.46. The van der Waals surface area contributed by atoms with Gasteiger partial charge in [0.25, 0.3) is 6.08 Å². The Kier molecular flexibility index (Phi) is 8.02. The molecule has 0 fully saturated rings. The predicted octanol–water partition coefficient (Wildman–Crippen LogP) is 6.55. The number of nitrogens with zero attached hydrogens (tertiary/aromatic N) is 5. The first-order valence-electron chi connectivity index (χ1n) is 10.9. The number of allylic oxidation sites excluding steroid dienone is 1. The van der Waals surface area contributed by atoms with E-state index >= 15 is 0 Å². The van der Waals surface area contributed by atoms with Crippen LogP contribution in [-0.2, 0) is 11.5 Å². The highest BCUT2D eigenvalue weighted by atomic mass is 79.9. The van der Waals surface area contributed by atoms with E-state index in [2.05, 4.69) is 44.1 Å². The van der Waals surface area contributed by atoms with Crippen molar-refractivity contribution in [3.63, 3.8) is 0 Å². The van der Waals surface area contributed by atoms with Gasteiger partial charge in [0.15, 0.2) is 0 Å². The summed E-state index contributed by atoms with van der Waals surface area (Å²) in [6.45, 7) is 5.70. The summed E-state index contributed by atoms with van der Waals surface area (Å²) in [5, 5.41) is 5.39. The van der Waals surface area contributed by atoms with Crippen molar-refractivity contribution in [1.29, 1.82) is 0 Å². The normalized spacial score (nSPS) is 12.4. The number of ether oxygens (including phenoxy) is 1. The maximum absolute atomic E-state index is 12.9. The molecule has 0 bridgehead atoms. The number of hydrogen-bond donors (Lipinski definition) is 0. The Hall–Kier alpha value is -2.69. The van der Waals surface area contributed by atoms with Crippen LogP contribution < -0.4 is 0 Å². The third-order valence-corrected chi connectivity index (χ3v) is 7.15. The van der Waals surface area contributed by atoms with E-state index in [1.807, 2.05) is 47.3 Å². The van der Waals surface area contributed by atoms with E-state index in [0.29, 0.717) is 6.73 Å². The molecule has 0 aliphatic carbocycles. The largest absolute Gasteiger partial charge is 0.361 e. The number of fused-ring (bicyclic) bond motifs is 1. The van der Waals surface area contributed by atoms with Crippen molar-refractivity contribution in [2.75, 3.05) is 6.61 Å². The van der Waals surface area contributed by atoms with Crippen molar-refractivity contribution in [2.45, 2.75) is 38.3 Å². The highest BCUT2D eigenvalue weighted by Gasteiger charge is 2.18. The standard InChI is InChI=1S/C24H25BrF2N5OSi/c1-34(2)11-10-33-16-31-9-8-20-23(28-15-29-24(20)31)18-13-30-32(14-18)21(6-7-22(26)27)17-4-3-5-19(25)12-17/h3-5,7-9,12-15,21H,6,10-11,16H2,1-2H3. The van der Waals surface area contributed by atoms with Crippen LogP contribution in [0.4, 0.5) is 8.78 Å². The van der Waals surface area contributed by atoms with Gasteiger partial charge in [-0.15, -0.1) is 0 Å². The second kappa shape index (κ2) is 11.2. The lowest BCUT2D eigenvalue weighted by molar-refractivity contribution is 0.0902. The molecule has 177 valence electrons. The van der Waals surface area contributed by atoms with Crippen molar-refractivity contribution in [2.24, 2.45) is 0 Å². The number of rotatable bonds is 10. The van der Waals surface area contributed by atoms with Gasteiger partial charge >= 0.3 is 0 Å². The number of halogens is 3. The van der Waals surface area contributed by atoms with E-state index in [9.17, 15) is 8.78 Å². The molecular formula is C24H25BrF2N5OSi. The molecule has 10 heteroatoms. The molecule has 0 spiro atoms. The molecule has 0 saturated carbocycles. The SMILES string of the molecule is C[Si](C)CCOCn1ccc2c(-c3cnn(C(CC=C(F)F)c4cccc(Br)c4)c3)ncnc21. The average Bonchev–Trinajstić information content (AvgIpc) is 3.44. The Bertz CT molecular complexity index is 1290. The zero-order chi connectivity index (χ0) is 24.1. The van der Waals surface area contributed by atoms with E-state index in [-0.39, 0.29) is 21.3 Å². The molecule has 4 aromatic rings. The predicted molar refractivity (Wildman–Crippen MR) is 134 cm³/mol.